The maximum absolute atomic E-state index is 12.7. The number of unbranched alkanes of at least 4 members (excludes halogenated alkanes) is 7. The van der Waals surface area contributed by atoms with E-state index in [1.165, 1.54) is 70.6 Å². The van der Waals surface area contributed by atoms with Crippen LogP contribution in [0.4, 0.5) is 0 Å². The third-order valence-corrected chi connectivity index (χ3v) is 7.81. The van der Waals surface area contributed by atoms with E-state index in [9.17, 15) is 10.1 Å². The van der Waals surface area contributed by atoms with Gasteiger partial charge in [-0.05, 0) is 63.7 Å². The number of carbonyl (C=O) groups excluding carboxylic acids is 1. The molecular formula is C27H47NO2. The summed E-state index contributed by atoms with van der Waals surface area (Å²) in [5.74, 6) is 1.00. The first-order valence-corrected chi connectivity index (χ1v) is 13.2. The Hall–Kier alpha value is -1.04. The van der Waals surface area contributed by atoms with Gasteiger partial charge in [-0.15, -0.1) is 0 Å². The molecule has 2 saturated carbocycles. The molecule has 3 nitrogen and oxygen atoms in total. The Balaban J connectivity index is 1.62. The van der Waals surface area contributed by atoms with Gasteiger partial charge in [-0.25, -0.2) is 0 Å². The van der Waals surface area contributed by atoms with Gasteiger partial charge < -0.3 is 4.74 Å². The molecule has 0 N–H and O–H groups in total. The second kappa shape index (κ2) is 14.1. The van der Waals surface area contributed by atoms with Gasteiger partial charge in [-0.3, -0.25) is 4.79 Å². The van der Waals surface area contributed by atoms with Crippen molar-refractivity contribution in [1.29, 1.82) is 5.26 Å². The molecule has 0 aromatic rings. The molecule has 30 heavy (non-hydrogen) atoms. The SMILES string of the molecule is CCCCCCCC1CCC(C(=O)OC2CCC(C#N)(CCCCCC)CC2)CC1. The molecule has 0 aromatic carbocycles. The lowest BCUT2D eigenvalue weighted by molar-refractivity contribution is -0.158. The smallest absolute Gasteiger partial charge is 0.309 e. The Labute approximate surface area is 186 Å². The minimum Gasteiger partial charge on any atom is -0.462 e. The Morgan fingerprint density at radius 1 is 0.867 bits per heavy atom. The number of hydrogen-bond donors (Lipinski definition) is 0. The first-order valence-electron chi connectivity index (χ1n) is 13.2. The molecule has 0 amide bonds. The van der Waals surface area contributed by atoms with Gasteiger partial charge in [-0.2, -0.15) is 5.26 Å². The van der Waals surface area contributed by atoms with E-state index in [2.05, 4.69) is 19.9 Å². The molecule has 0 unspecified atom stereocenters. The summed E-state index contributed by atoms with van der Waals surface area (Å²) in [6, 6.07) is 2.62. The summed E-state index contributed by atoms with van der Waals surface area (Å²) >= 11 is 0. The molecule has 0 aromatic heterocycles. The van der Waals surface area contributed by atoms with Crippen LogP contribution in [0.25, 0.3) is 0 Å². The minimum atomic E-state index is -0.161. The molecule has 0 radical (unpaired) electrons. The van der Waals surface area contributed by atoms with E-state index in [-0.39, 0.29) is 23.4 Å². The monoisotopic (exact) mass is 417 g/mol. The number of esters is 1. The summed E-state index contributed by atoms with van der Waals surface area (Å²) in [6.45, 7) is 4.49. The van der Waals surface area contributed by atoms with Crippen molar-refractivity contribution in [3.63, 3.8) is 0 Å². The first kappa shape index (κ1) is 25.2. The summed E-state index contributed by atoms with van der Waals surface area (Å²) in [7, 11) is 0. The van der Waals surface area contributed by atoms with Crippen molar-refractivity contribution in [2.45, 2.75) is 142 Å². The van der Waals surface area contributed by atoms with Crippen LogP contribution < -0.4 is 0 Å². The highest BCUT2D eigenvalue weighted by Gasteiger charge is 2.37. The summed E-state index contributed by atoms with van der Waals surface area (Å²) in [5.41, 5.74) is -0.161. The Kier molecular flexibility index (Phi) is 11.9. The van der Waals surface area contributed by atoms with Gasteiger partial charge >= 0.3 is 5.97 Å². The lowest BCUT2D eigenvalue weighted by atomic mass is 9.71. The fourth-order valence-corrected chi connectivity index (χ4v) is 5.55. The molecule has 0 spiro atoms. The molecule has 172 valence electrons. The zero-order valence-electron chi connectivity index (χ0n) is 19.9. The van der Waals surface area contributed by atoms with Crippen LogP contribution in [-0.4, -0.2) is 12.1 Å². The van der Waals surface area contributed by atoms with Crippen molar-refractivity contribution in [2.75, 3.05) is 0 Å². The van der Waals surface area contributed by atoms with Gasteiger partial charge in [0.1, 0.15) is 6.10 Å². The second-order valence-corrected chi connectivity index (χ2v) is 10.3. The third-order valence-electron chi connectivity index (χ3n) is 7.81. The van der Waals surface area contributed by atoms with Gasteiger partial charge in [0, 0.05) is 0 Å². The van der Waals surface area contributed by atoms with Crippen molar-refractivity contribution in [3.05, 3.63) is 0 Å². The maximum atomic E-state index is 12.7. The van der Waals surface area contributed by atoms with Crippen LogP contribution >= 0.6 is 0 Å². The van der Waals surface area contributed by atoms with Crippen LogP contribution in [0.1, 0.15) is 136 Å². The predicted octanol–water partition coefficient (Wildman–Crippen LogP) is 8.12. The molecule has 2 fully saturated rings. The van der Waals surface area contributed by atoms with Crippen molar-refractivity contribution < 1.29 is 9.53 Å². The molecule has 0 saturated heterocycles. The first-order chi connectivity index (χ1) is 14.6. The molecule has 0 bridgehead atoms. The molecule has 2 rings (SSSR count). The zero-order chi connectivity index (χ0) is 21.7. The average Bonchev–Trinajstić information content (AvgIpc) is 2.78. The van der Waals surface area contributed by atoms with E-state index in [1.807, 2.05) is 0 Å². The third kappa shape index (κ3) is 8.60. The van der Waals surface area contributed by atoms with Gasteiger partial charge in [0.15, 0.2) is 0 Å². The van der Waals surface area contributed by atoms with E-state index in [0.29, 0.717) is 0 Å². The molecular weight excluding hydrogens is 370 g/mol. The van der Waals surface area contributed by atoms with Crippen LogP contribution in [0.5, 0.6) is 0 Å². The van der Waals surface area contributed by atoms with Crippen LogP contribution in [0.15, 0.2) is 0 Å². The van der Waals surface area contributed by atoms with Gasteiger partial charge in [0.05, 0.1) is 17.4 Å². The number of rotatable bonds is 13. The average molecular weight is 418 g/mol. The molecule has 0 heterocycles. The molecule has 0 atom stereocenters. The number of ether oxygens (including phenoxy) is 1. The maximum Gasteiger partial charge on any atom is 0.309 e. The Bertz CT molecular complexity index is 507. The lowest BCUT2D eigenvalue weighted by Crippen LogP contribution is -2.33. The largest absolute Gasteiger partial charge is 0.462 e. The van der Waals surface area contributed by atoms with Gasteiger partial charge in [-0.1, -0.05) is 78.1 Å². The Morgan fingerprint density at radius 2 is 1.47 bits per heavy atom. The number of nitriles is 1. The number of nitrogens with zero attached hydrogens (tertiary/aromatic N) is 1. The van der Waals surface area contributed by atoms with Crippen LogP contribution in [0.2, 0.25) is 0 Å². The van der Waals surface area contributed by atoms with E-state index in [1.54, 1.807) is 0 Å². The molecule has 2 aliphatic rings. The highest BCUT2D eigenvalue weighted by molar-refractivity contribution is 5.72. The van der Waals surface area contributed by atoms with E-state index in [0.717, 1.165) is 57.3 Å². The zero-order valence-corrected chi connectivity index (χ0v) is 19.9. The van der Waals surface area contributed by atoms with Crippen LogP contribution in [0.3, 0.4) is 0 Å². The van der Waals surface area contributed by atoms with Gasteiger partial charge in [0.25, 0.3) is 0 Å². The number of carbonyl (C=O) groups is 1. The molecule has 3 heteroatoms. The minimum absolute atomic E-state index is 0.0471. The molecule has 0 aliphatic heterocycles. The van der Waals surface area contributed by atoms with Crippen LogP contribution in [-0.2, 0) is 9.53 Å². The summed E-state index contributed by atoms with van der Waals surface area (Å²) in [4.78, 5) is 12.7. The predicted molar refractivity (Wildman–Crippen MR) is 124 cm³/mol. The van der Waals surface area contributed by atoms with E-state index < -0.39 is 0 Å². The fourth-order valence-electron chi connectivity index (χ4n) is 5.55. The second-order valence-electron chi connectivity index (χ2n) is 10.3. The van der Waals surface area contributed by atoms with Gasteiger partial charge in [0.2, 0.25) is 0 Å². The van der Waals surface area contributed by atoms with Crippen molar-refractivity contribution in [1.82, 2.24) is 0 Å². The summed E-state index contributed by atoms with van der Waals surface area (Å²) in [6.07, 6.45) is 22.1. The van der Waals surface area contributed by atoms with E-state index >= 15 is 0 Å². The fraction of sp³-hybridized carbons (Fsp3) is 0.926. The lowest BCUT2D eigenvalue weighted by Gasteiger charge is -2.35. The Morgan fingerprint density at radius 3 is 2.07 bits per heavy atom. The van der Waals surface area contributed by atoms with Crippen molar-refractivity contribution in [3.8, 4) is 6.07 Å². The standard InChI is InChI=1S/C27H47NO2/c1-3-5-7-9-10-12-23-13-15-24(16-14-23)26(29)30-25-17-20-27(22-28,21-18-25)19-11-8-6-4-2/h23-25H,3-21H2,1-2H3. The summed E-state index contributed by atoms with van der Waals surface area (Å²) < 4.78 is 5.92. The topological polar surface area (TPSA) is 50.1 Å². The summed E-state index contributed by atoms with van der Waals surface area (Å²) in [5, 5.41) is 9.74. The molecule has 2 aliphatic carbocycles. The van der Waals surface area contributed by atoms with Crippen LogP contribution in [0, 0.1) is 28.6 Å². The highest BCUT2D eigenvalue weighted by Crippen LogP contribution is 2.41. The highest BCUT2D eigenvalue weighted by atomic mass is 16.5. The number of hydrogen-bond acceptors (Lipinski definition) is 3. The quantitative estimate of drug-likeness (QED) is 0.224. The van der Waals surface area contributed by atoms with E-state index in [4.69, 9.17) is 4.74 Å². The normalized spacial score (nSPS) is 29.3. The van der Waals surface area contributed by atoms with Crippen molar-refractivity contribution in [2.24, 2.45) is 17.3 Å². The van der Waals surface area contributed by atoms with Crippen molar-refractivity contribution >= 4 is 5.97 Å².